The number of benzene rings is 1. The van der Waals surface area contributed by atoms with E-state index >= 15 is 8.78 Å². The maximum Gasteiger partial charge on any atom is 0.414 e. The molecule has 13 heteroatoms. The first-order valence-electron chi connectivity index (χ1n) is 11.1. The molecular weight excluding hydrogens is 476 g/mol. The molecule has 1 aliphatic carbocycles. The molecule has 0 bridgehead atoms. The van der Waals surface area contributed by atoms with E-state index in [1.165, 1.54) is 0 Å². The van der Waals surface area contributed by atoms with Gasteiger partial charge in [0.2, 0.25) is 0 Å². The molecular formula is C22H26F4N4O5. The fraction of sp³-hybridized carbons (Fsp3) is 0.591. The number of ether oxygens (including phenoxy) is 2. The minimum Gasteiger partial charge on any atom is -0.447 e. The molecule has 3 fully saturated rings. The van der Waals surface area contributed by atoms with Gasteiger partial charge in [-0.1, -0.05) is 0 Å². The van der Waals surface area contributed by atoms with Gasteiger partial charge in [0.1, 0.15) is 17.9 Å². The van der Waals surface area contributed by atoms with Gasteiger partial charge in [0, 0.05) is 49.6 Å². The van der Waals surface area contributed by atoms with Crippen molar-refractivity contribution in [3.63, 3.8) is 0 Å². The third kappa shape index (κ3) is 5.22. The summed E-state index contributed by atoms with van der Waals surface area (Å²) in [7, 11) is 0. The molecule has 0 aromatic heterocycles. The molecule has 1 aromatic rings. The van der Waals surface area contributed by atoms with Crippen molar-refractivity contribution < 1.29 is 41.4 Å². The number of hydrogen-bond acceptors (Lipinski definition) is 6. The molecule has 9 nitrogen and oxygen atoms in total. The second-order valence-corrected chi connectivity index (χ2v) is 9.81. The lowest BCUT2D eigenvalue weighted by molar-refractivity contribution is -0.131. The summed E-state index contributed by atoms with van der Waals surface area (Å²) in [4.78, 5) is 37.7. The van der Waals surface area contributed by atoms with E-state index in [4.69, 9.17) is 9.47 Å². The first-order chi connectivity index (χ1) is 16.4. The highest BCUT2D eigenvalue weighted by Gasteiger charge is 2.57. The van der Waals surface area contributed by atoms with Crippen LogP contribution in [-0.4, -0.2) is 68.4 Å². The number of carbonyl (C=O) groups excluding carboxylic acids is 3. The van der Waals surface area contributed by atoms with Gasteiger partial charge in [0.15, 0.2) is 11.6 Å². The Balaban J connectivity index is 1.41. The number of rotatable bonds is 6. The molecule has 2 saturated heterocycles. The molecule has 2 heterocycles. The zero-order chi connectivity index (χ0) is 25.7. The van der Waals surface area contributed by atoms with Gasteiger partial charge in [-0.3, -0.25) is 9.69 Å². The monoisotopic (exact) mass is 502 g/mol. The van der Waals surface area contributed by atoms with E-state index in [0.717, 1.165) is 17.0 Å². The predicted octanol–water partition coefficient (Wildman–Crippen LogP) is 2.63. The van der Waals surface area contributed by atoms with Crippen LogP contribution < -0.4 is 20.4 Å². The smallest absolute Gasteiger partial charge is 0.414 e. The number of cyclic esters (lactones) is 1. The van der Waals surface area contributed by atoms with Gasteiger partial charge in [-0.25, -0.2) is 18.4 Å². The van der Waals surface area contributed by atoms with Crippen molar-refractivity contribution >= 4 is 29.5 Å². The maximum atomic E-state index is 15.0. The molecule has 2 N–H and O–H groups in total. The number of alkyl carbamates (subject to hydrolysis) is 1. The Labute approximate surface area is 198 Å². The van der Waals surface area contributed by atoms with Crippen LogP contribution in [0.3, 0.4) is 0 Å². The topological polar surface area (TPSA) is 100 Å². The van der Waals surface area contributed by atoms with Crippen LogP contribution >= 0.6 is 0 Å². The number of fused-ring (bicyclic) bond motifs is 1. The first-order valence-corrected chi connectivity index (χ1v) is 11.1. The maximum absolute atomic E-state index is 15.0. The van der Waals surface area contributed by atoms with Crippen LogP contribution in [0.2, 0.25) is 0 Å². The van der Waals surface area contributed by atoms with Crippen molar-refractivity contribution in [2.45, 2.75) is 44.9 Å². The Morgan fingerprint density at radius 3 is 2.31 bits per heavy atom. The van der Waals surface area contributed by atoms with E-state index < -0.39 is 47.8 Å². The molecule has 2 aliphatic heterocycles. The zero-order valence-corrected chi connectivity index (χ0v) is 19.3. The largest absolute Gasteiger partial charge is 0.447 e. The first kappa shape index (κ1) is 24.9. The fourth-order valence-electron chi connectivity index (χ4n) is 4.58. The second kappa shape index (κ2) is 9.08. The summed E-state index contributed by atoms with van der Waals surface area (Å²) in [6.45, 7) is 5.29. The van der Waals surface area contributed by atoms with Gasteiger partial charge < -0.3 is 25.0 Å². The van der Waals surface area contributed by atoms with E-state index in [-0.39, 0.29) is 42.4 Å². The highest BCUT2D eigenvalue weighted by atomic mass is 19.3. The third-order valence-electron chi connectivity index (χ3n) is 6.14. The van der Waals surface area contributed by atoms with Crippen LogP contribution in [0.25, 0.3) is 0 Å². The quantitative estimate of drug-likeness (QED) is 0.581. The third-order valence-corrected chi connectivity index (χ3v) is 6.14. The van der Waals surface area contributed by atoms with Crippen LogP contribution in [0.1, 0.15) is 20.8 Å². The summed E-state index contributed by atoms with van der Waals surface area (Å²) in [5, 5.41) is 4.76. The highest BCUT2D eigenvalue weighted by Crippen LogP contribution is 2.48. The van der Waals surface area contributed by atoms with Gasteiger partial charge in [0.05, 0.1) is 11.7 Å². The van der Waals surface area contributed by atoms with Crippen molar-refractivity contribution in [3.05, 3.63) is 23.8 Å². The van der Waals surface area contributed by atoms with Crippen LogP contribution in [0.15, 0.2) is 12.1 Å². The highest BCUT2D eigenvalue weighted by molar-refractivity contribution is 5.91. The van der Waals surface area contributed by atoms with Gasteiger partial charge in [-0.15, -0.1) is 0 Å². The molecule has 4 atom stereocenters. The molecule has 1 saturated carbocycles. The van der Waals surface area contributed by atoms with E-state index in [9.17, 15) is 23.2 Å². The Morgan fingerprint density at radius 2 is 1.77 bits per heavy atom. The Kier molecular flexibility index (Phi) is 6.45. The van der Waals surface area contributed by atoms with Crippen LogP contribution in [0.4, 0.5) is 38.5 Å². The number of anilines is 2. The van der Waals surface area contributed by atoms with Crippen LogP contribution in [0, 0.1) is 23.5 Å². The number of amides is 3. The van der Waals surface area contributed by atoms with Gasteiger partial charge in [-0.2, -0.15) is 8.78 Å². The number of alkyl halides is 2. The molecule has 192 valence electrons. The molecule has 3 amide bonds. The van der Waals surface area contributed by atoms with Crippen molar-refractivity contribution in [3.8, 4) is 0 Å². The van der Waals surface area contributed by atoms with Crippen molar-refractivity contribution in [1.82, 2.24) is 10.6 Å². The number of nitrogens with zero attached hydrogens (tertiary/aromatic N) is 2. The van der Waals surface area contributed by atoms with Gasteiger partial charge in [0.25, 0.3) is 5.91 Å². The molecule has 1 aromatic carbocycles. The van der Waals surface area contributed by atoms with E-state index in [1.54, 1.807) is 25.7 Å². The van der Waals surface area contributed by atoms with E-state index in [0.29, 0.717) is 13.1 Å². The average molecular weight is 502 g/mol. The molecule has 0 radical (unpaired) electrons. The summed E-state index contributed by atoms with van der Waals surface area (Å²) >= 11 is 0. The lowest BCUT2D eigenvalue weighted by atomic mass is 10.2. The van der Waals surface area contributed by atoms with Gasteiger partial charge >= 0.3 is 18.6 Å². The minimum absolute atomic E-state index is 0.0254. The number of carbonyl (C=O) groups is 3. The summed E-state index contributed by atoms with van der Waals surface area (Å²) in [5.74, 6) is -3.29. The minimum atomic E-state index is -3.23. The Morgan fingerprint density at radius 1 is 1.17 bits per heavy atom. The predicted molar refractivity (Wildman–Crippen MR) is 115 cm³/mol. The zero-order valence-electron chi connectivity index (χ0n) is 19.3. The normalized spacial score (nSPS) is 25.4. The lowest BCUT2D eigenvalue weighted by Gasteiger charge is -2.26. The van der Waals surface area contributed by atoms with Crippen molar-refractivity contribution in [1.29, 1.82) is 0 Å². The summed E-state index contributed by atoms with van der Waals surface area (Å²) < 4.78 is 65.0. The fourth-order valence-corrected chi connectivity index (χ4v) is 4.58. The Hall–Kier alpha value is -3.25. The number of nitrogens with one attached hydrogen (secondary N) is 2. The standard InChI is InChI=1S/C22H26F4N4O5/c1-22(2,3)35-20(32)28-16-12-7-29(8-13(12)16)17-14(23)4-10(5-15(17)24)30-11(9-34-21(30)33)6-27-19(31)18(25)26/h4-5,11-13,16,18H,6-9H2,1-3H3,(H,27,31)(H,28,32)/t11-,12-,13+,16?/m0/s1. The summed E-state index contributed by atoms with van der Waals surface area (Å²) in [5.41, 5.74) is -1.05. The SMILES string of the molecule is CC(C)(C)OC(=O)NC1[C@H]2CN(c3c(F)cc(N4C(=O)OC[C@@H]4CNC(=O)C(F)F)cc3F)C[C@@H]12. The average Bonchev–Trinajstić information content (AvgIpc) is 3.06. The van der Waals surface area contributed by atoms with E-state index in [1.807, 2.05) is 5.32 Å². The van der Waals surface area contributed by atoms with Gasteiger partial charge in [-0.05, 0) is 20.8 Å². The van der Waals surface area contributed by atoms with Crippen LogP contribution in [0.5, 0.6) is 0 Å². The van der Waals surface area contributed by atoms with Crippen LogP contribution in [-0.2, 0) is 14.3 Å². The molecule has 0 spiro atoms. The molecule has 3 aliphatic rings. The number of hydrogen-bond donors (Lipinski definition) is 2. The Bertz CT molecular complexity index is 999. The second-order valence-electron chi connectivity index (χ2n) is 9.81. The lowest BCUT2D eigenvalue weighted by Crippen LogP contribution is -2.44. The molecule has 1 unspecified atom stereocenters. The van der Waals surface area contributed by atoms with E-state index in [2.05, 4.69) is 5.32 Å². The number of halogens is 4. The number of piperidine rings is 1. The molecule has 35 heavy (non-hydrogen) atoms. The molecule has 4 rings (SSSR count). The van der Waals surface area contributed by atoms with Crippen molar-refractivity contribution in [2.24, 2.45) is 11.8 Å². The summed E-state index contributed by atoms with van der Waals surface area (Å²) in [6.07, 6.45) is -4.69. The summed E-state index contributed by atoms with van der Waals surface area (Å²) in [6, 6.07) is 0.893. The van der Waals surface area contributed by atoms with Crippen molar-refractivity contribution in [2.75, 3.05) is 36.0 Å².